The Morgan fingerprint density at radius 1 is 1.00 bits per heavy atom. The molecule has 0 spiro atoms. The SMILES string of the molecule is CCCOC1CCC(CC(C)C(OC(=O)C2CCCCN2C(=O)C(=O)C2(O)OC(C(C)C)CCC2C)C(C)C)CC1OC. The molecule has 3 rings (SSSR count). The van der Waals surface area contributed by atoms with Crippen molar-refractivity contribution in [3.8, 4) is 0 Å². The van der Waals surface area contributed by atoms with Crippen LogP contribution in [0, 0.1) is 29.6 Å². The van der Waals surface area contributed by atoms with Crippen LogP contribution in [-0.4, -0.2) is 84.2 Å². The van der Waals surface area contributed by atoms with Crippen LogP contribution in [0.1, 0.15) is 113 Å². The van der Waals surface area contributed by atoms with Crippen molar-refractivity contribution in [2.75, 3.05) is 20.3 Å². The van der Waals surface area contributed by atoms with Crippen LogP contribution < -0.4 is 0 Å². The Hall–Kier alpha value is -1.55. The average molecular weight is 610 g/mol. The Morgan fingerprint density at radius 3 is 2.35 bits per heavy atom. The predicted octanol–water partition coefficient (Wildman–Crippen LogP) is 5.30. The van der Waals surface area contributed by atoms with E-state index in [1.54, 1.807) is 14.0 Å². The van der Waals surface area contributed by atoms with Crippen molar-refractivity contribution in [2.24, 2.45) is 29.6 Å². The largest absolute Gasteiger partial charge is 0.460 e. The number of piperidine rings is 1. The van der Waals surface area contributed by atoms with Gasteiger partial charge in [0.2, 0.25) is 5.79 Å². The van der Waals surface area contributed by atoms with Gasteiger partial charge in [0.05, 0.1) is 18.3 Å². The van der Waals surface area contributed by atoms with Gasteiger partial charge in [-0.3, -0.25) is 9.59 Å². The van der Waals surface area contributed by atoms with Crippen molar-refractivity contribution in [1.82, 2.24) is 4.90 Å². The number of likely N-dealkylation sites (tertiary alicyclic amines) is 1. The minimum atomic E-state index is -2.19. The number of esters is 1. The molecule has 43 heavy (non-hydrogen) atoms. The number of ketones is 1. The lowest BCUT2D eigenvalue weighted by Gasteiger charge is -2.43. The van der Waals surface area contributed by atoms with Gasteiger partial charge in [0.1, 0.15) is 12.1 Å². The maximum atomic E-state index is 13.7. The lowest BCUT2D eigenvalue weighted by atomic mass is 9.78. The Labute approximate surface area is 259 Å². The van der Waals surface area contributed by atoms with Crippen molar-refractivity contribution in [3.05, 3.63) is 0 Å². The fraction of sp³-hybridized carbons (Fsp3) is 0.912. The van der Waals surface area contributed by atoms with Crippen LogP contribution in [0.5, 0.6) is 0 Å². The first-order chi connectivity index (χ1) is 20.3. The molecule has 9 heteroatoms. The molecule has 248 valence electrons. The van der Waals surface area contributed by atoms with E-state index in [4.69, 9.17) is 18.9 Å². The normalized spacial score (nSPS) is 33.3. The van der Waals surface area contributed by atoms with Gasteiger partial charge in [-0.1, -0.05) is 48.5 Å². The summed E-state index contributed by atoms with van der Waals surface area (Å²) in [7, 11) is 1.75. The van der Waals surface area contributed by atoms with Gasteiger partial charge in [0, 0.05) is 26.2 Å². The predicted molar refractivity (Wildman–Crippen MR) is 164 cm³/mol. The molecule has 0 radical (unpaired) electrons. The number of Topliss-reactive ketones (excluding diaryl/α,β-unsaturated/α-hetero) is 1. The quantitative estimate of drug-likeness (QED) is 0.221. The molecule has 2 aliphatic heterocycles. The lowest BCUT2D eigenvalue weighted by Crippen LogP contribution is -2.61. The van der Waals surface area contributed by atoms with Crippen LogP contribution in [0.25, 0.3) is 0 Å². The number of carbonyl (C=O) groups excluding carboxylic acids is 3. The molecule has 3 fully saturated rings. The Bertz CT molecular complexity index is 924. The number of ether oxygens (including phenoxy) is 4. The second-order valence-corrected chi connectivity index (χ2v) is 14.1. The second-order valence-electron chi connectivity index (χ2n) is 14.1. The molecule has 0 bridgehead atoms. The Morgan fingerprint density at radius 2 is 1.72 bits per heavy atom. The van der Waals surface area contributed by atoms with Crippen molar-refractivity contribution in [2.45, 2.75) is 149 Å². The van der Waals surface area contributed by atoms with E-state index in [2.05, 4.69) is 27.7 Å². The molecule has 1 N–H and O–H groups in total. The summed E-state index contributed by atoms with van der Waals surface area (Å²) in [6, 6.07) is -0.855. The topological polar surface area (TPSA) is 112 Å². The van der Waals surface area contributed by atoms with E-state index in [1.807, 2.05) is 13.8 Å². The summed E-state index contributed by atoms with van der Waals surface area (Å²) < 4.78 is 23.9. The maximum Gasteiger partial charge on any atom is 0.329 e. The highest BCUT2D eigenvalue weighted by molar-refractivity contribution is 6.39. The van der Waals surface area contributed by atoms with E-state index >= 15 is 0 Å². The molecule has 9 unspecified atom stereocenters. The van der Waals surface area contributed by atoms with Gasteiger partial charge in [-0.2, -0.15) is 0 Å². The molecule has 1 amide bonds. The fourth-order valence-electron chi connectivity index (χ4n) is 7.35. The number of nitrogens with zero attached hydrogens (tertiary/aromatic N) is 1. The van der Waals surface area contributed by atoms with E-state index in [-0.39, 0.29) is 48.7 Å². The van der Waals surface area contributed by atoms with Gasteiger partial charge >= 0.3 is 5.97 Å². The number of methoxy groups -OCH3 is 1. The number of amides is 1. The van der Waals surface area contributed by atoms with Gasteiger partial charge in [-0.25, -0.2) is 4.79 Å². The zero-order valence-corrected chi connectivity index (χ0v) is 28.0. The van der Waals surface area contributed by atoms with Crippen LogP contribution >= 0.6 is 0 Å². The van der Waals surface area contributed by atoms with Crippen LogP contribution in [0.4, 0.5) is 0 Å². The molecular formula is C34H59NO8. The first-order valence-electron chi connectivity index (χ1n) is 16.9. The van der Waals surface area contributed by atoms with Gasteiger partial charge in [0.25, 0.3) is 11.7 Å². The van der Waals surface area contributed by atoms with E-state index in [1.165, 1.54) is 4.90 Å². The summed E-state index contributed by atoms with van der Waals surface area (Å²) in [5.41, 5.74) is 0. The molecule has 0 aromatic heterocycles. The zero-order chi connectivity index (χ0) is 31.9. The summed E-state index contributed by atoms with van der Waals surface area (Å²) in [6.45, 7) is 15.0. The monoisotopic (exact) mass is 609 g/mol. The number of hydrogen-bond acceptors (Lipinski definition) is 8. The van der Waals surface area contributed by atoms with Crippen molar-refractivity contribution in [1.29, 1.82) is 0 Å². The van der Waals surface area contributed by atoms with Crippen LogP contribution in [0.15, 0.2) is 0 Å². The average Bonchev–Trinajstić information content (AvgIpc) is 2.99. The molecule has 3 aliphatic rings. The highest BCUT2D eigenvalue weighted by atomic mass is 16.6. The van der Waals surface area contributed by atoms with Gasteiger partial charge in [-0.15, -0.1) is 0 Å². The minimum Gasteiger partial charge on any atom is -0.460 e. The van der Waals surface area contributed by atoms with Gasteiger partial charge in [0.15, 0.2) is 0 Å². The third kappa shape index (κ3) is 8.80. The molecule has 2 heterocycles. The molecule has 9 nitrogen and oxygen atoms in total. The third-order valence-corrected chi connectivity index (χ3v) is 10.0. The summed E-state index contributed by atoms with van der Waals surface area (Å²) in [5, 5.41) is 11.3. The van der Waals surface area contributed by atoms with Crippen molar-refractivity contribution >= 4 is 17.7 Å². The summed E-state index contributed by atoms with van der Waals surface area (Å²) >= 11 is 0. The molecule has 1 saturated carbocycles. The molecule has 0 aromatic rings. The van der Waals surface area contributed by atoms with Gasteiger partial charge < -0.3 is 29.0 Å². The second kappa shape index (κ2) is 16.1. The van der Waals surface area contributed by atoms with Crippen LogP contribution in [-0.2, 0) is 33.3 Å². The van der Waals surface area contributed by atoms with E-state index in [0.717, 1.165) is 51.6 Å². The maximum absolute atomic E-state index is 13.7. The summed E-state index contributed by atoms with van der Waals surface area (Å²) in [4.78, 5) is 42.2. The molecule has 9 atom stereocenters. The Kier molecular flexibility index (Phi) is 13.5. The molecule has 2 saturated heterocycles. The standard InChI is InChI=1S/C34H59NO8/c1-9-18-41-28-16-14-25(20-29(28)40-8)19-23(6)30(22(4)5)42-33(38)26-12-10-11-17-35(26)32(37)31(36)34(39)24(7)13-15-27(43-34)21(2)3/h21-30,39H,9-20H2,1-8H3. The van der Waals surface area contributed by atoms with Gasteiger partial charge in [-0.05, 0) is 87.9 Å². The number of hydrogen-bond donors (Lipinski definition) is 1. The number of aliphatic hydroxyl groups is 1. The van der Waals surface area contributed by atoms with E-state index in [9.17, 15) is 19.5 Å². The third-order valence-electron chi connectivity index (χ3n) is 10.0. The van der Waals surface area contributed by atoms with E-state index in [0.29, 0.717) is 25.2 Å². The van der Waals surface area contributed by atoms with Crippen LogP contribution in [0.2, 0.25) is 0 Å². The first-order valence-corrected chi connectivity index (χ1v) is 16.9. The fourth-order valence-corrected chi connectivity index (χ4v) is 7.35. The lowest BCUT2D eigenvalue weighted by molar-refractivity contribution is -0.269. The highest BCUT2D eigenvalue weighted by Crippen LogP contribution is 2.37. The number of rotatable bonds is 13. The van der Waals surface area contributed by atoms with Crippen LogP contribution in [0.3, 0.4) is 0 Å². The number of carbonyl (C=O) groups is 3. The summed E-state index contributed by atoms with van der Waals surface area (Å²) in [6.07, 6.45) is 7.54. The molecule has 0 aromatic carbocycles. The molecule has 1 aliphatic carbocycles. The first kappa shape index (κ1) is 35.9. The minimum absolute atomic E-state index is 0.0680. The summed E-state index contributed by atoms with van der Waals surface area (Å²) in [5.74, 6) is -4.29. The molecular weight excluding hydrogens is 550 g/mol. The van der Waals surface area contributed by atoms with E-state index < -0.39 is 35.4 Å². The van der Waals surface area contributed by atoms with Crippen molar-refractivity contribution < 1.29 is 38.4 Å². The van der Waals surface area contributed by atoms with Crippen molar-refractivity contribution in [3.63, 3.8) is 0 Å². The Balaban J connectivity index is 1.67. The smallest absolute Gasteiger partial charge is 0.329 e. The highest BCUT2D eigenvalue weighted by Gasteiger charge is 2.53. The zero-order valence-electron chi connectivity index (χ0n) is 28.0.